The lowest BCUT2D eigenvalue weighted by molar-refractivity contribution is -0.139. The Morgan fingerprint density at radius 1 is 1.41 bits per heavy atom. The first-order valence-corrected chi connectivity index (χ1v) is 4.21. The van der Waals surface area contributed by atoms with Crippen molar-refractivity contribution in [3.63, 3.8) is 0 Å². The molecule has 0 unspecified atom stereocenters. The van der Waals surface area contributed by atoms with Crippen LogP contribution in [0.25, 0.3) is 0 Å². The Labute approximate surface area is 92.1 Å². The number of hydrogen-bond acceptors (Lipinski definition) is 3. The van der Waals surface area contributed by atoms with Gasteiger partial charge in [-0.15, -0.1) is 0 Å². The summed E-state index contributed by atoms with van der Waals surface area (Å²) < 4.78 is 62.1. The number of halogens is 5. The van der Waals surface area contributed by atoms with Crippen LogP contribution in [-0.2, 0) is 12.8 Å². The molecule has 0 spiro atoms. The van der Waals surface area contributed by atoms with Crippen LogP contribution in [-0.4, -0.2) is 10.1 Å². The average Bonchev–Trinajstić information content (AvgIpc) is 2.25. The molecule has 1 aromatic heterocycles. The summed E-state index contributed by atoms with van der Waals surface area (Å²) in [5.41, 5.74) is -4.23. The molecule has 1 rings (SSSR count). The van der Waals surface area contributed by atoms with Crippen molar-refractivity contribution in [2.45, 2.75) is 19.2 Å². The lowest BCUT2D eigenvalue weighted by Gasteiger charge is -2.13. The molecule has 0 fully saturated rings. The van der Waals surface area contributed by atoms with E-state index in [4.69, 9.17) is 10.4 Å². The van der Waals surface area contributed by atoms with Crippen molar-refractivity contribution in [1.29, 1.82) is 5.26 Å². The van der Waals surface area contributed by atoms with Crippen LogP contribution >= 0.6 is 0 Å². The Hall–Kier alpha value is -1.75. The van der Waals surface area contributed by atoms with Crippen LogP contribution in [0.2, 0.25) is 0 Å². The summed E-state index contributed by atoms with van der Waals surface area (Å²) >= 11 is 0. The lowest BCUT2D eigenvalue weighted by atomic mass is 10.1. The third kappa shape index (κ3) is 2.68. The van der Waals surface area contributed by atoms with Crippen LogP contribution < -0.4 is 0 Å². The summed E-state index contributed by atoms with van der Waals surface area (Å²) in [4.78, 5) is 3.09. The van der Waals surface area contributed by atoms with Gasteiger partial charge in [-0.05, 0) is 6.07 Å². The molecule has 0 saturated carbocycles. The van der Waals surface area contributed by atoms with Crippen LogP contribution in [0.4, 0.5) is 22.0 Å². The molecular formula is C9H5F5N2O. The smallest absolute Gasteiger partial charge is 0.390 e. The maximum atomic E-state index is 12.4. The number of alkyl halides is 5. The van der Waals surface area contributed by atoms with Crippen molar-refractivity contribution in [3.05, 3.63) is 28.6 Å². The minimum Gasteiger partial charge on any atom is -0.390 e. The molecule has 0 aromatic carbocycles. The highest BCUT2D eigenvalue weighted by molar-refractivity contribution is 5.39. The molecule has 1 heterocycles. The molecule has 0 aliphatic heterocycles. The topological polar surface area (TPSA) is 56.9 Å². The quantitative estimate of drug-likeness (QED) is 0.822. The third-order valence-electron chi connectivity index (χ3n) is 1.93. The number of aliphatic hydroxyl groups excluding tert-OH is 1. The van der Waals surface area contributed by atoms with Crippen molar-refractivity contribution < 1.29 is 27.1 Å². The largest absolute Gasteiger partial charge is 0.418 e. The highest BCUT2D eigenvalue weighted by atomic mass is 19.4. The van der Waals surface area contributed by atoms with Crippen LogP contribution in [0.5, 0.6) is 0 Å². The number of nitriles is 1. The minimum absolute atomic E-state index is 0.141. The van der Waals surface area contributed by atoms with Crippen molar-refractivity contribution in [3.8, 4) is 6.07 Å². The second kappa shape index (κ2) is 4.63. The van der Waals surface area contributed by atoms with E-state index in [9.17, 15) is 22.0 Å². The molecule has 17 heavy (non-hydrogen) atoms. The average molecular weight is 252 g/mol. The summed E-state index contributed by atoms with van der Waals surface area (Å²) in [6.45, 7) is -1.09. The number of aromatic nitrogens is 1. The SMILES string of the molecule is N#Cc1nc(CO)c(C(F)(F)F)cc1C(F)F. The molecule has 0 radical (unpaired) electrons. The van der Waals surface area contributed by atoms with Crippen molar-refractivity contribution in [2.24, 2.45) is 0 Å². The maximum absolute atomic E-state index is 12.4. The van der Waals surface area contributed by atoms with Gasteiger partial charge < -0.3 is 5.11 Å². The van der Waals surface area contributed by atoms with Gasteiger partial charge in [-0.25, -0.2) is 13.8 Å². The zero-order valence-corrected chi connectivity index (χ0v) is 8.09. The molecule has 8 heteroatoms. The number of pyridine rings is 1. The van der Waals surface area contributed by atoms with Crippen molar-refractivity contribution in [1.82, 2.24) is 4.98 Å². The van der Waals surface area contributed by atoms with Crippen molar-refractivity contribution >= 4 is 0 Å². The van der Waals surface area contributed by atoms with E-state index in [1.165, 1.54) is 6.07 Å². The van der Waals surface area contributed by atoms with Gasteiger partial charge >= 0.3 is 6.18 Å². The molecule has 0 aliphatic rings. The molecule has 0 saturated heterocycles. The normalized spacial score (nSPS) is 11.6. The van der Waals surface area contributed by atoms with Gasteiger partial charge in [0.1, 0.15) is 11.8 Å². The Bertz CT molecular complexity index is 464. The maximum Gasteiger partial charge on any atom is 0.418 e. The fourth-order valence-electron chi connectivity index (χ4n) is 1.19. The van der Waals surface area contributed by atoms with Gasteiger partial charge in [0.25, 0.3) is 6.43 Å². The summed E-state index contributed by atoms with van der Waals surface area (Å²) in [6.07, 6.45) is -8.16. The summed E-state index contributed by atoms with van der Waals surface area (Å²) in [5, 5.41) is 17.1. The molecule has 0 bridgehead atoms. The zero-order chi connectivity index (χ0) is 13.2. The predicted molar refractivity (Wildman–Crippen MR) is 44.8 cm³/mol. The molecule has 0 aliphatic carbocycles. The van der Waals surface area contributed by atoms with Gasteiger partial charge in [0.05, 0.1) is 23.4 Å². The standard InChI is InChI=1S/C9H5F5N2O/c10-8(11)4-1-5(9(12,13)14)7(3-17)16-6(4)2-15/h1,8,17H,3H2. The minimum atomic E-state index is -4.91. The Kier molecular flexibility index (Phi) is 3.63. The Morgan fingerprint density at radius 3 is 2.35 bits per heavy atom. The number of nitrogens with zero attached hydrogens (tertiary/aromatic N) is 2. The molecule has 1 aromatic rings. The van der Waals surface area contributed by atoms with Gasteiger partial charge in [0.15, 0.2) is 0 Å². The van der Waals surface area contributed by atoms with Gasteiger partial charge in [-0.2, -0.15) is 18.4 Å². The monoisotopic (exact) mass is 252 g/mol. The van der Waals surface area contributed by atoms with E-state index in [2.05, 4.69) is 4.98 Å². The van der Waals surface area contributed by atoms with E-state index in [-0.39, 0.29) is 6.07 Å². The van der Waals surface area contributed by atoms with Gasteiger partial charge in [0, 0.05) is 0 Å². The van der Waals surface area contributed by atoms with E-state index in [0.717, 1.165) is 0 Å². The number of hydrogen-bond donors (Lipinski definition) is 1. The van der Waals surface area contributed by atoms with Crippen LogP contribution in [0, 0.1) is 11.3 Å². The van der Waals surface area contributed by atoms with E-state index in [1.807, 2.05) is 0 Å². The molecule has 0 atom stereocenters. The predicted octanol–water partition coefficient (Wildman–Crippen LogP) is 2.40. The van der Waals surface area contributed by atoms with Gasteiger partial charge in [0.2, 0.25) is 0 Å². The first-order chi connectivity index (χ1) is 7.81. The van der Waals surface area contributed by atoms with Crippen molar-refractivity contribution in [2.75, 3.05) is 0 Å². The third-order valence-corrected chi connectivity index (χ3v) is 1.93. The van der Waals surface area contributed by atoms with Crippen LogP contribution in [0.15, 0.2) is 6.07 Å². The molecule has 0 amide bonds. The molecule has 3 nitrogen and oxygen atoms in total. The zero-order valence-electron chi connectivity index (χ0n) is 8.09. The first-order valence-electron chi connectivity index (χ1n) is 4.21. The molecule has 1 N–H and O–H groups in total. The lowest BCUT2D eigenvalue weighted by Crippen LogP contribution is -2.13. The first kappa shape index (κ1) is 13.3. The van der Waals surface area contributed by atoms with E-state index < -0.39 is 41.7 Å². The number of rotatable bonds is 2. The van der Waals surface area contributed by atoms with Crippen LogP contribution in [0.3, 0.4) is 0 Å². The molecular weight excluding hydrogens is 247 g/mol. The van der Waals surface area contributed by atoms with Gasteiger partial charge in [-0.3, -0.25) is 0 Å². The van der Waals surface area contributed by atoms with E-state index in [0.29, 0.717) is 0 Å². The van der Waals surface area contributed by atoms with E-state index >= 15 is 0 Å². The summed E-state index contributed by atoms with van der Waals surface area (Å²) in [7, 11) is 0. The molecule has 92 valence electrons. The van der Waals surface area contributed by atoms with Crippen LogP contribution in [0.1, 0.15) is 28.9 Å². The fraction of sp³-hybridized carbons (Fsp3) is 0.333. The highest BCUT2D eigenvalue weighted by Gasteiger charge is 2.36. The van der Waals surface area contributed by atoms with Gasteiger partial charge in [-0.1, -0.05) is 0 Å². The fourth-order valence-corrected chi connectivity index (χ4v) is 1.19. The highest BCUT2D eigenvalue weighted by Crippen LogP contribution is 2.34. The summed E-state index contributed by atoms with van der Waals surface area (Å²) in [6, 6.07) is 1.40. The summed E-state index contributed by atoms with van der Waals surface area (Å²) in [5.74, 6) is 0. The Balaban J connectivity index is 3.52. The Morgan fingerprint density at radius 2 is 2.00 bits per heavy atom. The second-order valence-corrected chi connectivity index (χ2v) is 2.99. The number of aliphatic hydroxyl groups is 1. The van der Waals surface area contributed by atoms with E-state index in [1.54, 1.807) is 0 Å². The second-order valence-electron chi connectivity index (χ2n) is 2.99.